The number of benzene rings is 5. The van der Waals surface area contributed by atoms with Gasteiger partial charge in [-0.3, -0.25) is 19.8 Å². The van der Waals surface area contributed by atoms with Gasteiger partial charge in [-0.1, -0.05) is 157 Å². The summed E-state index contributed by atoms with van der Waals surface area (Å²) in [7, 11) is -4.18. The number of oxime groups is 1. The summed E-state index contributed by atoms with van der Waals surface area (Å²) in [4.78, 5) is 68.6. The van der Waals surface area contributed by atoms with Gasteiger partial charge in [0.1, 0.15) is 22.7 Å². The summed E-state index contributed by atoms with van der Waals surface area (Å²) in [6, 6.07) is 44.6. The van der Waals surface area contributed by atoms with Crippen LogP contribution in [0.5, 0.6) is 0 Å². The molecule has 1 saturated heterocycles. The summed E-state index contributed by atoms with van der Waals surface area (Å²) in [5.41, 5.74) is 0.242. The summed E-state index contributed by atoms with van der Waals surface area (Å²) < 4.78 is 41.9. The van der Waals surface area contributed by atoms with E-state index >= 15 is 0 Å². The SMILES string of the molecule is CC(C)(C)OC(=O)Nc1nc(C(=NOC(c2ccccc2)(c2ccccc2)c2ccccc2)C(=O)N[C@@H]2C(=O)N3C(C(=O)OC(c4ccccc4)c4ccccc4)=C(OS(C)(=O)=O)CS[C@H]23)cs1. The Balaban J connectivity index is 1.15. The van der Waals surface area contributed by atoms with Gasteiger partial charge in [0.05, 0.1) is 12.0 Å². The largest absolute Gasteiger partial charge is 0.448 e. The summed E-state index contributed by atoms with van der Waals surface area (Å²) in [6.45, 7) is 5.14. The third-order valence-corrected chi connectivity index (χ3v) is 13.0. The molecular formula is C50H45N5O10S3. The molecule has 0 saturated carbocycles. The van der Waals surface area contributed by atoms with E-state index in [4.69, 9.17) is 18.5 Å². The topological polar surface area (TPSA) is 192 Å². The molecule has 348 valence electrons. The quantitative estimate of drug-likeness (QED) is 0.0251. The molecule has 2 N–H and O–H groups in total. The highest BCUT2D eigenvalue weighted by atomic mass is 32.2. The molecule has 18 heteroatoms. The molecule has 1 aromatic heterocycles. The molecule has 15 nitrogen and oxygen atoms in total. The van der Waals surface area contributed by atoms with Crippen molar-refractivity contribution in [3.05, 3.63) is 202 Å². The number of nitrogens with one attached hydrogen (secondary N) is 2. The van der Waals surface area contributed by atoms with Crippen molar-refractivity contribution in [2.75, 3.05) is 17.3 Å². The number of aromatic nitrogens is 1. The van der Waals surface area contributed by atoms with E-state index in [1.54, 1.807) is 69.3 Å². The number of nitrogens with zero attached hydrogens (tertiary/aromatic N) is 3. The minimum absolute atomic E-state index is 0.0116. The van der Waals surface area contributed by atoms with E-state index in [0.29, 0.717) is 27.8 Å². The monoisotopic (exact) mass is 971 g/mol. The lowest BCUT2D eigenvalue weighted by Gasteiger charge is -2.49. The molecule has 2 aliphatic rings. The maximum absolute atomic E-state index is 14.8. The van der Waals surface area contributed by atoms with Gasteiger partial charge in [-0.05, 0) is 31.9 Å². The molecule has 0 aliphatic carbocycles. The Kier molecular flexibility index (Phi) is 13.8. The van der Waals surface area contributed by atoms with Crippen molar-refractivity contribution in [1.82, 2.24) is 15.2 Å². The lowest BCUT2D eigenvalue weighted by atomic mass is 9.80. The zero-order chi connectivity index (χ0) is 48.1. The Morgan fingerprint density at radius 1 is 0.779 bits per heavy atom. The molecule has 0 radical (unpaired) electrons. The zero-order valence-electron chi connectivity index (χ0n) is 37.1. The van der Waals surface area contributed by atoms with Crippen molar-refractivity contribution < 1.29 is 46.1 Å². The number of hydrogen-bond donors (Lipinski definition) is 2. The van der Waals surface area contributed by atoms with Crippen molar-refractivity contribution in [2.24, 2.45) is 5.16 Å². The van der Waals surface area contributed by atoms with E-state index in [0.717, 1.165) is 34.3 Å². The van der Waals surface area contributed by atoms with Crippen LogP contribution < -0.4 is 10.6 Å². The molecule has 0 spiro atoms. The molecule has 2 aliphatic heterocycles. The first-order chi connectivity index (χ1) is 32.6. The van der Waals surface area contributed by atoms with Crippen LogP contribution in [0.4, 0.5) is 9.93 Å². The number of esters is 1. The van der Waals surface area contributed by atoms with Gasteiger partial charge < -0.3 is 23.8 Å². The van der Waals surface area contributed by atoms with E-state index in [9.17, 15) is 27.6 Å². The van der Waals surface area contributed by atoms with E-state index in [2.05, 4.69) is 20.8 Å². The van der Waals surface area contributed by atoms with Crippen LogP contribution in [0.1, 0.15) is 60.4 Å². The number of amides is 3. The highest BCUT2D eigenvalue weighted by Crippen LogP contribution is 2.43. The van der Waals surface area contributed by atoms with E-state index in [1.807, 2.05) is 103 Å². The predicted octanol–water partition coefficient (Wildman–Crippen LogP) is 8.12. The zero-order valence-corrected chi connectivity index (χ0v) is 39.5. The van der Waals surface area contributed by atoms with Crippen molar-refractivity contribution in [1.29, 1.82) is 0 Å². The predicted molar refractivity (Wildman–Crippen MR) is 258 cm³/mol. The van der Waals surface area contributed by atoms with E-state index < -0.39 is 68.4 Å². The average Bonchev–Trinajstić information content (AvgIpc) is 3.78. The van der Waals surface area contributed by atoms with Crippen LogP contribution in [0, 0.1) is 0 Å². The molecular weight excluding hydrogens is 927 g/mol. The number of ether oxygens (including phenoxy) is 2. The first kappa shape index (κ1) is 47.2. The molecule has 2 atom stereocenters. The van der Waals surface area contributed by atoms with Gasteiger partial charge in [0.25, 0.3) is 11.8 Å². The molecule has 6 aromatic rings. The number of thiazole rings is 1. The van der Waals surface area contributed by atoms with Crippen LogP contribution in [0.25, 0.3) is 0 Å². The molecule has 8 rings (SSSR count). The van der Waals surface area contributed by atoms with Gasteiger partial charge in [-0.25, -0.2) is 14.6 Å². The summed E-state index contributed by atoms with van der Waals surface area (Å²) >= 11 is 2.07. The number of carbonyl (C=O) groups is 4. The Morgan fingerprint density at radius 3 is 1.76 bits per heavy atom. The fourth-order valence-electron chi connectivity index (χ4n) is 7.61. The standard InChI is InChI=1S/C50H45N5O10S3/c1-49(2,3)63-48(59)53-47-51-37(30-67-47)39(54-65-50(34-24-14-7-15-25-34,35-26-16-8-17-27-35)36-28-18-9-19-29-36)43(56)52-40-44(57)55-41(38(31-66-45(40)55)64-68(4,60)61)46(58)62-42(32-20-10-5-11-21-32)33-22-12-6-13-23-33/h5-30,40,42,45H,31H2,1-4H3,(H,52,56)(H,51,53,59)/t40-,45-/m1/s1. The molecule has 68 heavy (non-hydrogen) atoms. The maximum Gasteiger partial charge on any atom is 0.413 e. The summed E-state index contributed by atoms with van der Waals surface area (Å²) in [5.74, 6) is -3.15. The minimum atomic E-state index is -4.18. The highest BCUT2D eigenvalue weighted by molar-refractivity contribution is 8.00. The number of anilines is 1. The molecule has 5 aromatic carbocycles. The summed E-state index contributed by atoms with van der Waals surface area (Å²) in [5, 5.41) is 10.6. The van der Waals surface area contributed by atoms with E-state index in [-0.39, 0.29) is 28.0 Å². The lowest BCUT2D eigenvalue weighted by Crippen LogP contribution is -2.71. The number of β-lactam (4-membered cyclic amide) rings is 1. The van der Waals surface area contributed by atoms with Crippen molar-refractivity contribution in [3.8, 4) is 0 Å². The van der Waals surface area contributed by atoms with Gasteiger partial charge >= 0.3 is 22.2 Å². The van der Waals surface area contributed by atoms with Crippen molar-refractivity contribution >= 4 is 67.9 Å². The molecule has 0 unspecified atom stereocenters. The van der Waals surface area contributed by atoms with Crippen LogP contribution in [-0.2, 0) is 48.6 Å². The van der Waals surface area contributed by atoms with Gasteiger partial charge in [0.2, 0.25) is 5.60 Å². The highest BCUT2D eigenvalue weighted by Gasteiger charge is 2.56. The maximum atomic E-state index is 14.8. The first-order valence-electron chi connectivity index (χ1n) is 21.2. The van der Waals surface area contributed by atoms with Crippen LogP contribution >= 0.6 is 23.1 Å². The van der Waals surface area contributed by atoms with Gasteiger partial charge in [-0.15, -0.1) is 23.1 Å². The number of fused-ring (bicyclic) bond motifs is 1. The minimum Gasteiger partial charge on any atom is -0.448 e. The second-order valence-corrected chi connectivity index (χ2v) is 20.0. The van der Waals surface area contributed by atoms with Gasteiger partial charge in [0, 0.05) is 22.1 Å². The number of hydrogen-bond acceptors (Lipinski definition) is 14. The van der Waals surface area contributed by atoms with Crippen LogP contribution in [0.15, 0.2) is 174 Å². The molecule has 3 amide bonds. The van der Waals surface area contributed by atoms with Gasteiger partial charge in [0.15, 0.2) is 28.4 Å². The van der Waals surface area contributed by atoms with Crippen LogP contribution in [0.2, 0.25) is 0 Å². The Hall–Kier alpha value is -7.28. The smallest absolute Gasteiger partial charge is 0.413 e. The van der Waals surface area contributed by atoms with Crippen molar-refractivity contribution in [2.45, 2.75) is 49.5 Å². The second-order valence-electron chi connectivity index (χ2n) is 16.5. The lowest BCUT2D eigenvalue weighted by molar-refractivity contribution is -0.154. The Morgan fingerprint density at radius 2 is 1.28 bits per heavy atom. The first-order valence-corrected chi connectivity index (χ1v) is 24.9. The fourth-order valence-corrected chi connectivity index (χ4v) is 10.1. The fraction of sp³-hybridized carbons (Fsp3) is 0.200. The van der Waals surface area contributed by atoms with Crippen molar-refractivity contribution in [3.63, 3.8) is 0 Å². The third-order valence-electron chi connectivity index (χ3n) is 10.5. The van der Waals surface area contributed by atoms with Gasteiger partial charge in [-0.2, -0.15) is 8.42 Å². The Bertz CT molecular complexity index is 2830. The third kappa shape index (κ3) is 10.5. The molecule has 1 fully saturated rings. The average molecular weight is 972 g/mol. The second kappa shape index (κ2) is 19.9. The Labute approximate surface area is 401 Å². The molecule has 3 heterocycles. The number of rotatable bonds is 15. The van der Waals surface area contributed by atoms with Crippen LogP contribution in [-0.4, -0.2) is 76.9 Å². The number of thioether (sulfide) groups is 1. The summed E-state index contributed by atoms with van der Waals surface area (Å²) in [6.07, 6.45) is -0.892. The van der Waals surface area contributed by atoms with Crippen LogP contribution in [0.3, 0.4) is 0 Å². The molecule has 0 bridgehead atoms. The van der Waals surface area contributed by atoms with E-state index in [1.165, 1.54) is 5.38 Å². The number of carbonyl (C=O) groups excluding carboxylic acids is 4. The normalized spacial score (nSPS) is 16.3.